The standard InChI is InChI=1S/C13H14Br2N2O2S/c1-18-9-4-3-7(12(19-2)10(9)15)11(17-16)13-8(14)5-6-20-13/h3-6,11,17H,16H2,1-2H3. The summed E-state index contributed by atoms with van der Waals surface area (Å²) in [4.78, 5) is 1.09. The second-order valence-electron chi connectivity index (χ2n) is 3.94. The number of nitrogens with one attached hydrogen (secondary N) is 1. The first kappa shape index (κ1) is 15.8. The summed E-state index contributed by atoms with van der Waals surface area (Å²) in [7, 11) is 3.24. The fourth-order valence-corrected chi connectivity index (χ4v) is 4.33. The van der Waals surface area contributed by atoms with Crippen LogP contribution in [0.15, 0.2) is 32.5 Å². The van der Waals surface area contributed by atoms with Gasteiger partial charge in [-0.25, -0.2) is 5.43 Å². The Bertz CT molecular complexity index is 604. The van der Waals surface area contributed by atoms with E-state index in [0.717, 1.165) is 19.4 Å². The molecule has 0 saturated carbocycles. The zero-order valence-electron chi connectivity index (χ0n) is 10.9. The SMILES string of the molecule is COc1ccc(C(NN)c2sccc2Br)c(OC)c1Br. The number of halogens is 2. The van der Waals surface area contributed by atoms with Crippen molar-refractivity contribution in [2.24, 2.45) is 5.84 Å². The maximum Gasteiger partial charge on any atom is 0.142 e. The number of hydrazine groups is 1. The topological polar surface area (TPSA) is 56.5 Å². The van der Waals surface area contributed by atoms with E-state index in [9.17, 15) is 0 Å². The average Bonchev–Trinajstić information content (AvgIpc) is 2.86. The van der Waals surface area contributed by atoms with Crippen LogP contribution in [-0.2, 0) is 0 Å². The lowest BCUT2D eigenvalue weighted by molar-refractivity contribution is 0.383. The molecule has 7 heteroatoms. The molecule has 0 bridgehead atoms. The van der Waals surface area contributed by atoms with Crippen LogP contribution in [0.3, 0.4) is 0 Å². The highest BCUT2D eigenvalue weighted by atomic mass is 79.9. The minimum Gasteiger partial charge on any atom is -0.495 e. The van der Waals surface area contributed by atoms with Gasteiger partial charge in [-0.1, -0.05) is 0 Å². The van der Waals surface area contributed by atoms with Crippen LogP contribution in [0.25, 0.3) is 0 Å². The number of hydrogen-bond donors (Lipinski definition) is 2. The molecule has 3 N–H and O–H groups in total. The van der Waals surface area contributed by atoms with Gasteiger partial charge in [0.25, 0.3) is 0 Å². The third-order valence-electron chi connectivity index (χ3n) is 2.90. The first-order valence-electron chi connectivity index (χ1n) is 5.73. The lowest BCUT2D eigenvalue weighted by atomic mass is 10.0. The van der Waals surface area contributed by atoms with Crippen molar-refractivity contribution in [1.29, 1.82) is 0 Å². The Balaban J connectivity index is 2.56. The Hall–Kier alpha value is -0.600. The maximum absolute atomic E-state index is 5.74. The first-order chi connectivity index (χ1) is 9.63. The van der Waals surface area contributed by atoms with Crippen molar-refractivity contribution in [1.82, 2.24) is 5.43 Å². The maximum atomic E-state index is 5.74. The molecule has 0 spiro atoms. The quantitative estimate of drug-likeness (QED) is 0.568. The van der Waals surface area contributed by atoms with Gasteiger partial charge in [0, 0.05) is 14.9 Å². The van der Waals surface area contributed by atoms with Crippen molar-refractivity contribution < 1.29 is 9.47 Å². The molecule has 1 atom stereocenters. The predicted octanol–water partition coefficient (Wildman–Crippen LogP) is 3.84. The third kappa shape index (κ3) is 2.87. The summed E-state index contributed by atoms with van der Waals surface area (Å²) in [5, 5.41) is 2.01. The predicted molar refractivity (Wildman–Crippen MR) is 88.4 cm³/mol. The molecule has 1 unspecified atom stereocenters. The molecule has 0 aliphatic rings. The van der Waals surface area contributed by atoms with Gasteiger partial charge in [-0.2, -0.15) is 0 Å². The van der Waals surface area contributed by atoms with Gasteiger partial charge in [-0.3, -0.25) is 5.84 Å². The van der Waals surface area contributed by atoms with Gasteiger partial charge in [0.15, 0.2) is 0 Å². The summed E-state index contributed by atoms with van der Waals surface area (Å²) in [6.45, 7) is 0. The lowest BCUT2D eigenvalue weighted by Crippen LogP contribution is -2.28. The molecule has 108 valence electrons. The highest BCUT2D eigenvalue weighted by molar-refractivity contribution is 9.11. The largest absolute Gasteiger partial charge is 0.495 e. The van der Waals surface area contributed by atoms with E-state index in [2.05, 4.69) is 37.3 Å². The summed E-state index contributed by atoms with van der Waals surface area (Å²) >= 11 is 8.66. The van der Waals surface area contributed by atoms with Crippen molar-refractivity contribution in [3.8, 4) is 11.5 Å². The number of thiophene rings is 1. The molecule has 1 aromatic carbocycles. The summed E-state index contributed by atoms with van der Waals surface area (Å²) in [5.74, 6) is 7.16. The molecule has 2 aromatic rings. The number of hydrogen-bond acceptors (Lipinski definition) is 5. The van der Waals surface area contributed by atoms with Crippen molar-refractivity contribution in [2.45, 2.75) is 6.04 Å². The third-order valence-corrected chi connectivity index (χ3v) is 5.59. The smallest absolute Gasteiger partial charge is 0.142 e. The molecule has 0 aliphatic heterocycles. The Morgan fingerprint density at radius 2 is 1.95 bits per heavy atom. The lowest BCUT2D eigenvalue weighted by Gasteiger charge is -2.20. The van der Waals surface area contributed by atoms with Gasteiger partial charge >= 0.3 is 0 Å². The molecule has 0 fully saturated rings. The molecular weight excluding hydrogens is 408 g/mol. The Morgan fingerprint density at radius 1 is 1.20 bits per heavy atom. The van der Waals surface area contributed by atoms with Crippen molar-refractivity contribution in [3.63, 3.8) is 0 Å². The minimum atomic E-state index is -0.165. The summed E-state index contributed by atoms with van der Waals surface area (Å²) in [6.07, 6.45) is 0. The second-order valence-corrected chi connectivity index (χ2v) is 6.53. The number of nitrogens with two attached hydrogens (primary N) is 1. The van der Waals surface area contributed by atoms with Gasteiger partial charge in [-0.05, 0) is 55.4 Å². The second kappa shape index (κ2) is 6.91. The van der Waals surface area contributed by atoms with Crippen LogP contribution in [0, 0.1) is 0 Å². The van der Waals surface area contributed by atoms with Gasteiger partial charge < -0.3 is 9.47 Å². The van der Waals surface area contributed by atoms with Crippen molar-refractivity contribution in [3.05, 3.63) is 43.0 Å². The zero-order valence-corrected chi connectivity index (χ0v) is 14.9. The van der Waals surface area contributed by atoms with Crippen LogP contribution in [0.4, 0.5) is 0 Å². The van der Waals surface area contributed by atoms with Crippen molar-refractivity contribution in [2.75, 3.05) is 14.2 Å². The molecule has 0 aliphatic carbocycles. The zero-order chi connectivity index (χ0) is 14.7. The van der Waals surface area contributed by atoms with Gasteiger partial charge in [0.2, 0.25) is 0 Å². The molecular formula is C13H14Br2N2O2S. The van der Waals surface area contributed by atoms with E-state index in [-0.39, 0.29) is 6.04 Å². The fraction of sp³-hybridized carbons (Fsp3) is 0.231. The normalized spacial score (nSPS) is 12.2. The highest BCUT2D eigenvalue weighted by Gasteiger charge is 2.23. The molecule has 1 aromatic heterocycles. The molecule has 4 nitrogen and oxygen atoms in total. The summed E-state index contributed by atoms with van der Waals surface area (Å²) < 4.78 is 12.6. The number of rotatable bonds is 5. The molecule has 0 radical (unpaired) electrons. The summed E-state index contributed by atoms with van der Waals surface area (Å²) in [5.41, 5.74) is 3.78. The van der Waals surface area contributed by atoms with Crippen LogP contribution in [0.1, 0.15) is 16.5 Å². The monoisotopic (exact) mass is 420 g/mol. The highest BCUT2D eigenvalue weighted by Crippen LogP contribution is 2.43. The van der Waals surface area contributed by atoms with Crippen molar-refractivity contribution >= 4 is 43.2 Å². The van der Waals surface area contributed by atoms with Crippen LogP contribution >= 0.6 is 43.2 Å². The Morgan fingerprint density at radius 3 is 2.45 bits per heavy atom. The first-order valence-corrected chi connectivity index (χ1v) is 8.20. The number of methoxy groups -OCH3 is 2. The van der Waals surface area contributed by atoms with E-state index in [0.29, 0.717) is 11.5 Å². The minimum absolute atomic E-state index is 0.165. The van der Waals surface area contributed by atoms with Crippen LogP contribution in [-0.4, -0.2) is 14.2 Å². The Labute approximate surface area is 138 Å². The number of benzene rings is 1. The summed E-state index contributed by atoms with van der Waals surface area (Å²) in [6, 6.07) is 5.66. The molecule has 0 amide bonds. The van der Waals surface area contributed by atoms with E-state index >= 15 is 0 Å². The van der Waals surface area contributed by atoms with Crippen LogP contribution in [0.5, 0.6) is 11.5 Å². The van der Waals surface area contributed by atoms with Crippen LogP contribution < -0.4 is 20.7 Å². The average molecular weight is 422 g/mol. The van der Waals surface area contributed by atoms with Gasteiger partial charge in [-0.15, -0.1) is 11.3 Å². The molecule has 1 heterocycles. The molecule has 2 rings (SSSR count). The van der Waals surface area contributed by atoms with Gasteiger partial charge in [0.1, 0.15) is 16.0 Å². The van der Waals surface area contributed by atoms with E-state index in [1.54, 1.807) is 25.6 Å². The van der Waals surface area contributed by atoms with E-state index in [4.69, 9.17) is 15.3 Å². The Kier molecular flexibility index (Phi) is 5.45. The fourth-order valence-electron chi connectivity index (χ4n) is 1.96. The number of ether oxygens (including phenoxy) is 2. The van der Waals surface area contributed by atoms with E-state index < -0.39 is 0 Å². The van der Waals surface area contributed by atoms with Crippen LogP contribution in [0.2, 0.25) is 0 Å². The molecule has 0 saturated heterocycles. The molecule has 20 heavy (non-hydrogen) atoms. The van der Waals surface area contributed by atoms with E-state index in [1.165, 1.54) is 0 Å². The van der Waals surface area contributed by atoms with E-state index in [1.807, 2.05) is 23.6 Å². The van der Waals surface area contributed by atoms with Gasteiger partial charge in [0.05, 0.1) is 20.3 Å².